The van der Waals surface area contributed by atoms with Crippen molar-refractivity contribution in [3.05, 3.63) is 117 Å². The molecule has 0 spiro atoms. The number of hydrogen-bond donors (Lipinski definition) is 1. The summed E-state index contributed by atoms with van der Waals surface area (Å²) in [6.07, 6.45) is 0. The summed E-state index contributed by atoms with van der Waals surface area (Å²) in [5.41, 5.74) is 5.70. The highest BCUT2D eigenvalue weighted by molar-refractivity contribution is 6.30. The third-order valence-electron chi connectivity index (χ3n) is 6.19. The predicted molar refractivity (Wildman–Crippen MR) is 131 cm³/mol. The minimum absolute atomic E-state index is 0.0833. The standard InChI is InChI=1S/C28H22ClNO4/c1-16-23(28(32)33-2)24(25-26(30-16)21-5-3-4-6-22(21)27(25)31)18-9-13-20(14-10-18)34-15-17-7-11-19(29)12-8-17/h3-14,24,30H,15H2,1-2H3/t24-/m1/s1. The number of fused-ring (bicyclic) bond motifs is 2. The number of Topliss-reactive ketones (excluding diaryl/α,β-unsaturated/α-hetero) is 1. The number of ketones is 1. The fourth-order valence-electron chi connectivity index (χ4n) is 4.55. The average Bonchev–Trinajstić information content (AvgIpc) is 3.14. The molecule has 5 rings (SSSR count). The smallest absolute Gasteiger partial charge is 0.336 e. The van der Waals surface area contributed by atoms with Gasteiger partial charge in [0.15, 0.2) is 5.78 Å². The molecule has 0 fully saturated rings. The fraction of sp³-hybridized carbons (Fsp3) is 0.143. The van der Waals surface area contributed by atoms with E-state index in [2.05, 4.69) is 5.32 Å². The Hall–Kier alpha value is -3.83. The van der Waals surface area contributed by atoms with Gasteiger partial charge in [-0.3, -0.25) is 4.79 Å². The highest BCUT2D eigenvalue weighted by Gasteiger charge is 2.42. The molecule has 1 aliphatic heterocycles. The molecule has 1 atom stereocenters. The zero-order valence-electron chi connectivity index (χ0n) is 18.7. The van der Waals surface area contributed by atoms with Crippen molar-refractivity contribution in [2.75, 3.05) is 7.11 Å². The number of carbonyl (C=O) groups is 2. The average molecular weight is 472 g/mol. The molecule has 2 aliphatic rings. The van der Waals surface area contributed by atoms with Crippen molar-refractivity contribution in [3.63, 3.8) is 0 Å². The van der Waals surface area contributed by atoms with Crippen LogP contribution in [0.4, 0.5) is 0 Å². The number of dihydropyridines is 1. The summed E-state index contributed by atoms with van der Waals surface area (Å²) in [7, 11) is 1.35. The van der Waals surface area contributed by atoms with E-state index in [1.54, 1.807) is 0 Å². The van der Waals surface area contributed by atoms with Crippen molar-refractivity contribution in [3.8, 4) is 5.75 Å². The number of nitrogens with one attached hydrogen (secondary N) is 1. The molecule has 0 aromatic heterocycles. The van der Waals surface area contributed by atoms with Crippen LogP contribution >= 0.6 is 11.6 Å². The SMILES string of the molecule is COC(=O)C1=C(C)NC2=C(C(=O)c3ccccc32)[C@@H]1c1ccc(OCc2ccc(Cl)cc2)cc1. The van der Waals surface area contributed by atoms with Gasteiger partial charge in [-0.15, -0.1) is 0 Å². The highest BCUT2D eigenvalue weighted by Crippen LogP contribution is 2.46. The summed E-state index contributed by atoms with van der Waals surface area (Å²) in [4.78, 5) is 26.2. The number of rotatable bonds is 5. The molecule has 0 saturated carbocycles. The van der Waals surface area contributed by atoms with E-state index in [4.69, 9.17) is 21.1 Å². The minimum atomic E-state index is -0.547. The molecule has 3 aromatic rings. The van der Waals surface area contributed by atoms with Crippen molar-refractivity contribution in [2.45, 2.75) is 19.4 Å². The van der Waals surface area contributed by atoms with Gasteiger partial charge in [-0.05, 0) is 42.3 Å². The Morgan fingerprint density at radius 3 is 2.32 bits per heavy atom. The van der Waals surface area contributed by atoms with Crippen LogP contribution in [0.15, 0.2) is 89.6 Å². The second-order valence-electron chi connectivity index (χ2n) is 8.24. The van der Waals surface area contributed by atoms with Gasteiger partial charge in [0.05, 0.1) is 18.4 Å². The summed E-state index contributed by atoms with van der Waals surface area (Å²) in [5, 5.41) is 3.97. The van der Waals surface area contributed by atoms with Gasteiger partial charge in [-0.1, -0.05) is 60.1 Å². The Kier molecular flexibility index (Phi) is 5.72. The molecule has 0 radical (unpaired) electrons. The third-order valence-corrected chi connectivity index (χ3v) is 6.44. The zero-order valence-corrected chi connectivity index (χ0v) is 19.5. The molecular weight excluding hydrogens is 450 g/mol. The summed E-state index contributed by atoms with van der Waals surface area (Å²) < 4.78 is 11.0. The Balaban J connectivity index is 1.49. The van der Waals surface area contributed by atoms with E-state index in [1.165, 1.54) is 7.11 Å². The number of carbonyl (C=O) groups excluding carboxylic acids is 2. The Labute approximate surface area is 202 Å². The first-order valence-corrected chi connectivity index (χ1v) is 11.3. The van der Waals surface area contributed by atoms with E-state index in [0.29, 0.717) is 39.8 Å². The van der Waals surface area contributed by atoms with Gasteiger partial charge in [0, 0.05) is 33.3 Å². The van der Waals surface area contributed by atoms with Crippen LogP contribution in [-0.2, 0) is 16.1 Å². The normalized spacial score (nSPS) is 16.7. The molecule has 0 amide bonds. The molecule has 1 N–H and O–H groups in total. The first kappa shape index (κ1) is 22.0. The zero-order chi connectivity index (χ0) is 23.8. The van der Waals surface area contributed by atoms with E-state index in [0.717, 1.165) is 22.4 Å². The highest BCUT2D eigenvalue weighted by atomic mass is 35.5. The summed E-state index contributed by atoms with van der Waals surface area (Å²) in [5.74, 6) is -0.412. The van der Waals surface area contributed by atoms with Crippen LogP contribution in [0.2, 0.25) is 5.02 Å². The maximum atomic E-state index is 13.4. The van der Waals surface area contributed by atoms with Crippen molar-refractivity contribution >= 4 is 29.1 Å². The third kappa shape index (κ3) is 3.78. The molecule has 3 aromatic carbocycles. The molecule has 1 heterocycles. The van der Waals surface area contributed by atoms with Crippen LogP contribution in [0.25, 0.3) is 5.70 Å². The van der Waals surface area contributed by atoms with Gasteiger partial charge in [-0.25, -0.2) is 4.79 Å². The van der Waals surface area contributed by atoms with E-state index in [1.807, 2.05) is 79.7 Å². The van der Waals surface area contributed by atoms with Crippen LogP contribution < -0.4 is 10.1 Å². The van der Waals surface area contributed by atoms with Gasteiger partial charge >= 0.3 is 5.97 Å². The van der Waals surface area contributed by atoms with Gasteiger partial charge in [0.25, 0.3) is 0 Å². The fourth-order valence-corrected chi connectivity index (χ4v) is 4.67. The number of benzene rings is 3. The van der Waals surface area contributed by atoms with Gasteiger partial charge < -0.3 is 14.8 Å². The minimum Gasteiger partial charge on any atom is -0.489 e. The largest absolute Gasteiger partial charge is 0.489 e. The van der Waals surface area contributed by atoms with Crippen LogP contribution in [-0.4, -0.2) is 18.9 Å². The maximum Gasteiger partial charge on any atom is 0.336 e. The van der Waals surface area contributed by atoms with E-state index in [-0.39, 0.29) is 5.78 Å². The lowest BCUT2D eigenvalue weighted by atomic mass is 9.80. The Morgan fingerprint density at radius 1 is 0.971 bits per heavy atom. The van der Waals surface area contributed by atoms with Crippen LogP contribution in [0.1, 0.15) is 39.9 Å². The quantitative estimate of drug-likeness (QED) is 0.486. The van der Waals surface area contributed by atoms with Crippen LogP contribution in [0, 0.1) is 0 Å². The molecule has 170 valence electrons. The first-order chi connectivity index (χ1) is 16.5. The number of ether oxygens (including phenoxy) is 2. The molecule has 1 aliphatic carbocycles. The molecular formula is C28H22ClNO4. The van der Waals surface area contributed by atoms with Crippen LogP contribution in [0.3, 0.4) is 0 Å². The van der Waals surface area contributed by atoms with Crippen molar-refractivity contribution < 1.29 is 19.1 Å². The number of halogens is 1. The lowest BCUT2D eigenvalue weighted by molar-refractivity contribution is -0.136. The molecule has 5 nitrogen and oxygen atoms in total. The molecule has 34 heavy (non-hydrogen) atoms. The van der Waals surface area contributed by atoms with E-state index in [9.17, 15) is 9.59 Å². The van der Waals surface area contributed by atoms with Gasteiger partial charge in [0.1, 0.15) is 12.4 Å². The molecule has 0 saturated heterocycles. The summed E-state index contributed by atoms with van der Waals surface area (Å²) in [6.45, 7) is 2.23. The first-order valence-electron chi connectivity index (χ1n) is 10.9. The van der Waals surface area contributed by atoms with Gasteiger partial charge in [0.2, 0.25) is 0 Å². The van der Waals surface area contributed by atoms with Crippen LogP contribution in [0.5, 0.6) is 5.75 Å². The van der Waals surface area contributed by atoms with Crippen molar-refractivity contribution in [2.24, 2.45) is 0 Å². The number of allylic oxidation sites excluding steroid dienone is 2. The molecule has 0 unspecified atom stereocenters. The summed E-state index contributed by atoms with van der Waals surface area (Å²) >= 11 is 5.94. The monoisotopic (exact) mass is 471 g/mol. The number of hydrogen-bond acceptors (Lipinski definition) is 5. The Morgan fingerprint density at radius 2 is 1.65 bits per heavy atom. The van der Waals surface area contributed by atoms with Gasteiger partial charge in [-0.2, -0.15) is 0 Å². The van der Waals surface area contributed by atoms with E-state index >= 15 is 0 Å². The maximum absolute atomic E-state index is 13.4. The van der Waals surface area contributed by atoms with Crippen molar-refractivity contribution in [1.82, 2.24) is 5.32 Å². The summed E-state index contributed by atoms with van der Waals surface area (Å²) in [6, 6.07) is 22.5. The molecule has 6 heteroatoms. The number of esters is 1. The topological polar surface area (TPSA) is 64.6 Å². The number of methoxy groups -OCH3 is 1. The second kappa shape index (κ2) is 8.84. The van der Waals surface area contributed by atoms with E-state index < -0.39 is 11.9 Å². The predicted octanol–water partition coefficient (Wildman–Crippen LogP) is 5.66. The second-order valence-corrected chi connectivity index (χ2v) is 8.67. The lowest BCUT2D eigenvalue weighted by Crippen LogP contribution is -2.29. The Bertz CT molecular complexity index is 1350. The molecule has 0 bridgehead atoms. The van der Waals surface area contributed by atoms with Crippen molar-refractivity contribution in [1.29, 1.82) is 0 Å². The lowest BCUT2D eigenvalue weighted by Gasteiger charge is -2.29.